The summed E-state index contributed by atoms with van der Waals surface area (Å²) < 4.78 is 5.57. The van der Waals surface area contributed by atoms with Crippen molar-refractivity contribution in [3.8, 4) is 5.75 Å². The summed E-state index contributed by atoms with van der Waals surface area (Å²) in [6, 6.07) is 13.3. The molecule has 0 heterocycles. The SMILES string of the molecule is CCCNC(=O)C(C)N(Cc1ccccc1Cl)C(=O)COc1ccc(Cl)cc1. The molecule has 1 atom stereocenters. The monoisotopic (exact) mass is 422 g/mol. The molecule has 2 rings (SSSR count). The van der Waals surface area contributed by atoms with E-state index >= 15 is 0 Å². The van der Waals surface area contributed by atoms with Crippen LogP contribution in [0.1, 0.15) is 25.8 Å². The molecule has 0 spiro atoms. The van der Waals surface area contributed by atoms with Gasteiger partial charge in [0, 0.05) is 23.1 Å². The summed E-state index contributed by atoms with van der Waals surface area (Å²) in [6.07, 6.45) is 0.816. The molecule has 0 fully saturated rings. The van der Waals surface area contributed by atoms with Gasteiger partial charge >= 0.3 is 0 Å². The Bertz CT molecular complexity index is 796. The predicted octanol–water partition coefficient (Wildman–Crippen LogP) is 4.32. The van der Waals surface area contributed by atoms with Crippen LogP contribution in [0.25, 0.3) is 0 Å². The molecular formula is C21H24Cl2N2O3. The smallest absolute Gasteiger partial charge is 0.261 e. The van der Waals surface area contributed by atoms with Crippen LogP contribution in [-0.4, -0.2) is 35.9 Å². The van der Waals surface area contributed by atoms with Crippen molar-refractivity contribution >= 4 is 35.0 Å². The second-order valence-corrected chi connectivity index (χ2v) is 7.17. The zero-order valence-corrected chi connectivity index (χ0v) is 17.5. The first-order valence-electron chi connectivity index (χ1n) is 9.11. The van der Waals surface area contributed by atoms with Gasteiger partial charge in [0.05, 0.1) is 0 Å². The van der Waals surface area contributed by atoms with Gasteiger partial charge in [-0.25, -0.2) is 0 Å². The Kier molecular flexibility index (Phi) is 8.61. The maximum absolute atomic E-state index is 12.9. The third-order valence-electron chi connectivity index (χ3n) is 4.19. The molecule has 28 heavy (non-hydrogen) atoms. The van der Waals surface area contributed by atoms with E-state index < -0.39 is 6.04 Å². The number of benzene rings is 2. The zero-order chi connectivity index (χ0) is 20.5. The van der Waals surface area contributed by atoms with E-state index in [-0.39, 0.29) is 25.0 Å². The summed E-state index contributed by atoms with van der Waals surface area (Å²) in [7, 11) is 0. The third-order valence-corrected chi connectivity index (χ3v) is 4.81. The quantitative estimate of drug-likeness (QED) is 0.654. The number of nitrogens with one attached hydrogen (secondary N) is 1. The van der Waals surface area contributed by atoms with E-state index in [4.69, 9.17) is 27.9 Å². The van der Waals surface area contributed by atoms with Gasteiger partial charge in [-0.15, -0.1) is 0 Å². The summed E-state index contributed by atoms with van der Waals surface area (Å²) in [4.78, 5) is 26.8. The first-order valence-corrected chi connectivity index (χ1v) is 9.87. The van der Waals surface area contributed by atoms with Crippen LogP contribution < -0.4 is 10.1 Å². The summed E-state index contributed by atoms with van der Waals surface area (Å²) in [5, 5.41) is 3.95. The lowest BCUT2D eigenvalue weighted by atomic mass is 10.1. The Morgan fingerprint density at radius 3 is 2.43 bits per heavy atom. The van der Waals surface area contributed by atoms with Crippen LogP contribution in [0.15, 0.2) is 48.5 Å². The van der Waals surface area contributed by atoms with Crippen molar-refractivity contribution in [2.24, 2.45) is 0 Å². The number of amides is 2. The molecule has 0 aliphatic rings. The molecule has 7 heteroatoms. The summed E-state index contributed by atoms with van der Waals surface area (Å²) in [6.45, 7) is 4.23. The molecule has 0 saturated heterocycles. The third kappa shape index (κ3) is 6.43. The molecule has 0 radical (unpaired) electrons. The Labute approximate surface area is 175 Å². The van der Waals surface area contributed by atoms with Gasteiger partial charge < -0.3 is 15.0 Å². The lowest BCUT2D eigenvalue weighted by Gasteiger charge is -2.29. The van der Waals surface area contributed by atoms with Crippen LogP contribution >= 0.6 is 23.2 Å². The molecular weight excluding hydrogens is 399 g/mol. The van der Waals surface area contributed by atoms with Gasteiger partial charge in [-0.2, -0.15) is 0 Å². The first-order chi connectivity index (χ1) is 13.4. The summed E-state index contributed by atoms with van der Waals surface area (Å²) in [5.74, 6) is 0.00120. The number of nitrogens with zero attached hydrogens (tertiary/aromatic N) is 1. The van der Waals surface area contributed by atoms with Crippen molar-refractivity contribution in [3.05, 3.63) is 64.1 Å². The van der Waals surface area contributed by atoms with Gasteiger partial charge in [0.15, 0.2) is 6.61 Å². The molecule has 2 aromatic rings. The molecule has 0 bridgehead atoms. The molecule has 0 aliphatic carbocycles. The molecule has 5 nitrogen and oxygen atoms in total. The number of hydrogen-bond acceptors (Lipinski definition) is 3. The van der Waals surface area contributed by atoms with Crippen molar-refractivity contribution in [2.45, 2.75) is 32.9 Å². The fraction of sp³-hybridized carbons (Fsp3) is 0.333. The van der Waals surface area contributed by atoms with E-state index in [1.54, 1.807) is 37.3 Å². The van der Waals surface area contributed by atoms with Crippen molar-refractivity contribution in [3.63, 3.8) is 0 Å². The second-order valence-electron chi connectivity index (χ2n) is 6.32. The number of halogens is 2. The van der Waals surface area contributed by atoms with Gasteiger partial charge in [0.2, 0.25) is 5.91 Å². The van der Waals surface area contributed by atoms with Gasteiger partial charge in [-0.1, -0.05) is 48.3 Å². The molecule has 2 aromatic carbocycles. The molecule has 1 N–H and O–H groups in total. The van der Waals surface area contributed by atoms with Crippen molar-refractivity contribution in [2.75, 3.05) is 13.2 Å². The number of carbonyl (C=O) groups excluding carboxylic acids is 2. The van der Waals surface area contributed by atoms with E-state index in [1.165, 1.54) is 4.90 Å². The standard InChI is InChI=1S/C21H24Cl2N2O3/c1-3-12-24-21(27)15(2)25(13-16-6-4-5-7-19(16)23)20(26)14-28-18-10-8-17(22)9-11-18/h4-11,15H,3,12-14H2,1-2H3,(H,24,27). The van der Waals surface area contributed by atoms with E-state index in [9.17, 15) is 9.59 Å². The van der Waals surface area contributed by atoms with E-state index in [2.05, 4.69) is 5.32 Å². The minimum Gasteiger partial charge on any atom is -0.484 e. The van der Waals surface area contributed by atoms with Gasteiger partial charge in [0.1, 0.15) is 11.8 Å². The lowest BCUT2D eigenvalue weighted by molar-refractivity contribution is -0.142. The average molecular weight is 423 g/mol. The van der Waals surface area contributed by atoms with Crippen LogP contribution in [0.5, 0.6) is 5.75 Å². The maximum Gasteiger partial charge on any atom is 0.261 e. The number of ether oxygens (including phenoxy) is 1. The maximum atomic E-state index is 12.9. The largest absolute Gasteiger partial charge is 0.484 e. The highest BCUT2D eigenvalue weighted by molar-refractivity contribution is 6.31. The minimum absolute atomic E-state index is 0.197. The van der Waals surface area contributed by atoms with E-state index in [0.717, 1.165) is 12.0 Å². The minimum atomic E-state index is -0.663. The highest BCUT2D eigenvalue weighted by Gasteiger charge is 2.26. The second kappa shape index (κ2) is 10.9. The molecule has 2 amide bonds. The predicted molar refractivity (Wildman–Crippen MR) is 112 cm³/mol. The molecule has 0 aromatic heterocycles. The normalized spacial score (nSPS) is 11.6. The van der Waals surface area contributed by atoms with Gasteiger partial charge in [-0.3, -0.25) is 9.59 Å². The Hall–Kier alpha value is -2.24. The lowest BCUT2D eigenvalue weighted by Crippen LogP contribution is -2.49. The number of hydrogen-bond donors (Lipinski definition) is 1. The molecule has 150 valence electrons. The van der Waals surface area contributed by atoms with Crippen molar-refractivity contribution < 1.29 is 14.3 Å². The molecule has 1 unspecified atom stereocenters. The summed E-state index contributed by atoms with van der Waals surface area (Å²) >= 11 is 12.1. The number of carbonyl (C=O) groups is 2. The Morgan fingerprint density at radius 2 is 1.79 bits per heavy atom. The fourth-order valence-corrected chi connectivity index (χ4v) is 2.87. The van der Waals surface area contributed by atoms with Crippen LogP contribution in [0, 0.1) is 0 Å². The van der Waals surface area contributed by atoms with E-state index in [0.29, 0.717) is 22.3 Å². The summed E-state index contributed by atoms with van der Waals surface area (Å²) in [5.41, 5.74) is 0.763. The van der Waals surface area contributed by atoms with Gasteiger partial charge in [0.25, 0.3) is 5.91 Å². The van der Waals surface area contributed by atoms with Crippen LogP contribution in [0.3, 0.4) is 0 Å². The molecule has 0 aliphatic heterocycles. The Morgan fingerprint density at radius 1 is 1.11 bits per heavy atom. The topological polar surface area (TPSA) is 58.6 Å². The number of rotatable bonds is 9. The van der Waals surface area contributed by atoms with Gasteiger partial charge in [-0.05, 0) is 49.2 Å². The highest BCUT2D eigenvalue weighted by atomic mass is 35.5. The van der Waals surface area contributed by atoms with Crippen molar-refractivity contribution in [1.29, 1.82) is 0 Å². The highest BCUT2D eigenvalue weighted by Crippen LogP contribution is 2.20. The van der Waals surface area contributed by atoms with E-state index in [1.807, 2.05) is 25.1 Å². The zero-order valence-electron chi connectivity index (χ0n) is 16.0. The van der Waals surface area contributed by atoms with Crippen molar-refractivity contribution in [1.82, 2.24) is 10.2 Å². The van der Waals surface area contributed by atoms with Crippen LogP contribution in [-0.2, 0) is 16.1 Å². The van der Waals surface area contributed by atoms with Crippen LogP contribution in [0.4, 0.5) is 0 Å². The fourth-order valence-electron chi connectivity index (χ4n) is 2.55. The average Bonchev–Trinajstić information content (AvgIpc) is 2.70. The Balaban J connectivity index is 2.13. The first kappa shape index (κ1) is 22.1. The molecule has 0 saturated carbocycles. The van der Waals surface area contributed by atoms with Crippen LogP contribution in [0.2, 0.25) is 10.0 Å².